The van der Waals surface area contributed by atoms with Gasteiger partial charge in [-0.15, -0.1) is 0 Å². The lowest BCUT2D eigenvalue weighted by Crippen LogP contribution is -2.26. The first-order valence-electron chi connectivity index (χ1n) is 9.41. The highest BCUT2D eigenvalue weighted by Crippen LogP contribution is 2.40. The van der Waals surface area contributed by atoms with Crippen LogP contribution in [0.15, 0.2) is 48.8 Å². The number of hydrogen-bond donors (Lipinski definition) is 2. The molecule has 0 radical (unpaired) electrons. The highest BCUT2D eigenvalue weighted by atomic mass is 16.5. The number of likely N-dealkylation sites (N-methyl/N-ethyl adjacent to an activating group) is 1. The van der Waals surface area contributed by atoms with Crippen molar-refractivity contribution >= 4 is 44.8 Å². The van der Waals surface area contributed by atoms with Crippen LogP contribution in [0.25, 0.3) is 33.0 Å². The molecule has 1 aliphatic rings. The molecule has 2 N–H and O–H groups in total. The van der Waals surface area contributed by atoms with Crippen LogP contribution in [0.2, 0.25) is 0 Å². The molecule has 7 heteroatoms. The van der Waals surface area contributed by atoms with Crippen molar-refractivity contribution in [1.29, 1.82) is 0 Å². The Morgan fingerprint density at radius 2 is 1.17 bits per heavy atom. The maximum atomic E-state index is 13.1. The van der Waals surface area contributed by atoms with Crippen LogP contribution in [0, 0.1) is 0 Å². The van der Waals surface area contributed by atoms with E-state index in [4.69, 9.17) is 9.47 Å². The summed E-state index contributed by atoms with van der Waals surface area (Å²) in [4.78, 5) is 33.7. The number of benzene rings is 2. The van der Waals surface area contributed by atoms with Gasteiger partial charge in [-0.2, -0.15) is 0 Å². The minimum atomic E-state index is -0.324. The van der Waals surface area contributed by atoms with Crippen LogP contribution >= 0.6 is 0 Å². The van der Waals surface area contributed by atoms with Crippen LogP contribution in [0.4, 0.5) is 0 Å². The zero-order valence-corrected chi connectivity index (χ0v) is 16.7. The molecule has 0 fully saturated rings. The van der Waals surface area contributed by atoms with Gasteiger partial charge in [0, 0.05) is 64.5 Å². The first-order chi connectivity index (χ1) is 14.5. The number of aromatic nitrogens is 2. The third-order valence-electron chi connectivity index (χ3n) is 5.60. The summed E-state index contributed by atoms with van der Waals surface area (Å²) in [7, 11) is 4.71. The molecule has 2 amide bonds. The molecular formula is C23H19N3O4. The summed E-state index contributed by atoms with van der Waals surface area (Å²) in [6.45, 7) is 0. The van der Waals surface area contributed by atoms with Crippen molar-refractivity contribution in [2.45, 2.75) is 0 Å². The maximum absolute atomic E-state index is 13.1. The highest BCUT2D eigenvalue weighted by Gasteiger charge is 2.39. The van der Waals surface area contributed by atoms with Crippen molar-refractivity contribution < 1.29 is 19.1 Å². The molecule has 3 heterocycles. The molecule has 2 aromatic carbocycles. The summed E-state index contributed by atoms with van der Waals surface area (Å²) >= 11 is 0. The second kappa shape index (κ2) is 6.52. The molecule has 0 saturated heterocycles. The largest absolute Gasteiger partial charge is 0.497 e. The Hall–Kier alpha value is -4.00. The van der Waals surface area contributed by atoms with Crippen molar-refractivity contribution in [2.75, 3.05) is 21.3 Å². The summed E-state index contributed by atoms with van der Waals surface area (Å²) in [5.41, 5.74) is 3.80. The molecule has 0 saturated carbocycles. The average molecular weight is 401 g/mol. The normalized spacial score (nSPS) is 14.4. The molecular weight excluding hydrogens is 382 g/mol. The van der Waals surface area contributed by atoms with Crippen molar-refractivity contribution in [1.82, 2.24) is 14.9 Å². The van der Waals surface area contributed by atoms with E-state index in [1.54, 1.807) is 26.6 Å². The van der Waals surface area contributed by atoms with Crippen LogP contribution in [0.5, 0.6) is 11.5 Å². The van der Waals surface area contributed by atoms with Crippen LogP contribution in [0.1, 0.15) is 11.1 Å². The number of nitrogens with one attached hydrogen (secondary N) is 2. The molecule has 150 valence electrons. The number of fused-ring (bicyclic) bond motifs is 2. The topological polar surface area (TPSA) is 87.4 Å². The van der Waals surface area contributed by atoms with Gasteiger partial charge >= 0.3 is 0 Å². The van der Waals surface area contributed by atoms with E-state index in [1.165, 1.54) is 7.05 Å². The molecule has 0 unspecified atom stereocenters. The fraction of sp³-hybridized carbons (Fsp3) is 0.130. The van der Waals surface area contributed by atoms with Crippen LogP contribution < -0.4 is 9.47 Å². The van der Waals surface area contributed by atoms with E-state index in [0.717, 1.165) is 26.7 Å². The van der Waals surface area contributed by atoms with Gasteiger partial charge in [0.2, 0.25) is 0 Å². The molecule has 7 nitrogen and oxygen atoms in total. The van der Waals surface area contributed by atoms with Crippen LogP contribution in [-0.2, 0) is 9.59 Å². The van der Waals surface area contributed by atoms with Gasteiger partial charge in [0.25, 0.3) is 11.8 Å². The minimum absolute atomic E-state index is 0.324. The number of aromatic amines is 2. The monoisotopic (exact) mass is 401 g/mol. The molecule has 5 rings (SSSR count). The number of hydrogen-bond acceptors (Lipinski definition) is 4. The van der Waals surface area contributed by atoms with E-state index in [9.17, 15) is 9.59 Å². The Kier molecular flexibility index (Phi) is 3.92. The summed E-state index contributed by atoms with van der Waals surface area (Å²) in [6, 6.07) is 11.2. The Balaban J connectivity index is 1.78. The molecule has 2 aromatic heterocycles. The number of carbonyl (C=O) groups is 2. The lowest BCUT2D eigenvalue weighted by atomic mass is 9.95. The number of ether oxygens (including phenoxy) is 2. The van der Waals surface area contributed by atoms with Crippen molar-refractivity contribution in [3.63, 3.8) is 0 Å². The summed E-state index contributed by atoms with van der Waals surface area (Å²) in [5.74, 6) is 0.771. The summed E-state index contributed by atoms with van der Waals surface area (Å²) < 4.78 is 10.6. The van der Waals surface area contributed by atoms with Crippen LogP contribution in [0.3, 0.4) is 0 Å². The number of methoxy groups -OCH3 is 2. The standard InChI is InChI=1S/C23H19N3O4/c1-26-22(27)20(16-10-24-18-8-12(29-2)4-6-14(16)18)21(23(26)28)17-11-25-19-9-13(30-3)5-7-15(17)19/h4-11,24-25H,1-3H3. The molecule has 0 aliphatic carbocycles. The van der Waals surface area contributed by atoms with Gasteiger partial charge in [0.05, 0.1) is 25.4 Å². The molecule has 0 bridgehead atoms. The Morgan fingerprint density at radius 1 is 0.733 bits per heavy atom. The molecule has 0 spiro atoms. The van der Waals surface area contributed by atoms with E-state index >= 15 is 0 Å². The predicted molar refractivity (Wildman–Crippen MR) is 114 cm³/mol. The van der Waals surface area contributed by atoms with Gasteiger partial charge < -0.3 is 19.4 Å². The van der Waals surface area contributed by atoms with E-state index in [-0.39, 0.29) is 11.8 Å². The number of carbonyl (C=O) groups excluding carboxylic acids is 2. The van der Waals surface area contributed by atoms with Crippen molar-refractivity contribution in [2.24, 2.45) is 0 Å². The van der Waals surface area contributed by atoms with E-state index in [1.807, 2.05) is 36.4 Å². The van der Waals surface area contributed by atoms with Crippen molar-refractivity contribution in [3.05, 3.63) is 59.9 Å². The second-order valence-corrected chi connectivity index (χ2v) is 7.15. The predicted octanol–water partition coefficient (Wildman–Crippen LogP) is 3.58. The number of rotatable bonds is 4. The van der Waals surface area contributed by atoms with Gasteiger partial charge in [0.1, 0.15) is 11.5 Å². The lowest BCUT2D eigenvalue weighted by Gasteiger charge is -2.06. The lowest BCUT2D eigenvalue weighted by molar-refractivity contribution is -0.134. The zero-order chi connectivity index (χ0) is 21.0. The van der Waals surface area contributed by atoms with Gasteiger partial charge in [-0.25, -0.2) is 0 Å². The van der Waals surface area contributed by atoms with E-state index in [0.29, 0.717) is 33.8 Å². The maximum Gasteiger partial charge on any atom is 0.261 e. The summed E-state index contributed by atoms with van der Waals surface area (Å²) in [6.07, 6.45) is 3.53. The SMILES string of the molecule is COc1ccc2c(C3=C(c4c[nH]c5cc(OC)ccc45)C(=O)N(C)C3=O)c[nH]c2c1. The quantitative estimate of drug-likeness (QED) is 0.512. The zero-order valence-electron chi connectivity index (χ0n) is 16.7. The first-order valence-corrected chi connectivity index (χ1v) is 9.41. The third kappa shape index (κ3) is 2.45. The molecule has 30 heavy (non-hydrogen) atoms. The molecule has 4 aromatic rings. The Bertz CT molecular complexity index is 1270. The Morgan fingerprint density at radius 3 is 1.57 bits per heavy atom. The number of H-pyrrole nitrogens is 2. The molecule has 1 aliphatic heterocycles. The van der Waals surface area contributed by atoms with Crippen molar-refractivity contribution in [3.8, 4) is 11.5 Å². The third-order valence-corrected chi connectivity index (χ3v) is 5.60. The minimum Gasteiger partial charge on any atom is -0.497 e. The average Bonchev–Trinajstić information content (AvgIpc) is 3.43. The van der Waals surface area contributed by atoms with Gasteiger partial charge in [-0.1, -0.05) is 0 Å². The Labute approximate surface area is 171 Å². The fourth-order valence-corrected chi connectivity index (χ4v) is 4.02. The number of nitrogens with zero attached hydrogens (tertiary/aromatic N) is 1. The fourth-order valence-electron chi connectivity index (χ4n) is 4.02. The number of amides is 2. The van der Waals surface area contributed by atoms with Gasteiger partial charge in [0.15, 0.2) is 0 Å². The van der Waals surface area contributed by atoms with Gasteiger partial charge in [-0.05, 0) is 24.3 Å². The van der Waals surface area contributed by atoms with Gasteiger partial charge in [-0.3, -0.25) is 14.5 Å². The smallest absolute Gasteiger partial charge is 0.261 e. The highest BCUT2D eigenvalue weighted by molar-refractivity contribution is 6.50. The van der Waals surface area contributed by atoms with E-state index < -0.39 is 0 Å². The molecule has 0 atom stereocenters. The number of imide groups is 1. The van der Waals surface area contributed by atoms with Crippen LogP contribution in [-0.4, -0.2) is 47.9 Å². The first kappa shape index (κ1) is 18.1. The summed E-state index contributed by atoms with van der Waals surface area (Å²) in [5, 5.41) is 1.70. The second-order valence-electron chi connectivity index (χ2n) is 7.15. The van der Waals surface area contributed by atoms with E-state index in [2.05, 4.69) is 9.97 Å².